The number of rotatable bonds is 5. The molecule has 3 aliphatic carbocycles. The highest BCUT2D eigenvalue weighted by molar-refractivity contribution is 5.87. The standard InChI is InChI=1S/C27H40O4/c1-17-13-19-8-7-18(2)22(10-9-21-15-20(28)16-24(29)31-21)25(19)23(14-17)26(30)27(3)11-5-4-6-12-27/h7-8,13,17-18,20-23,25,28H,4-6,9-12,14-16H2,1-3H3/t17-,18-,20+,21+,22-,23-,25+/m0/s1. The Kier molecular flexibility index (Phi) is 6.76. The SMILES string of the molecule is C[C@H]1C=C2C=C[C@H](C)[C@H](CC[C@@H]3C[C@@H](O)CC(=O)O3)[C@@H]2[C@@H](C(=O)C2(C)CCCCC2)C1. The molecule has 31 heavy (non-hydrogen) atoms. The van der Waals surface area contributed by atoms with E-state index in [0.29, 0.717) is 30.0 Å². The van der Waals surface area contributed by atoms with E-state index in [1.807, 2.05) is 0 Å². The minimum absolute atomic E-state index is 0.0926. The number of aliphatic hydroxyl groups excluding tert-OH is 1. The number of ketones is 1. The van der Waals surface area contributed by atoms with Crippen molar-refractivity contribution in [1.29, 1.82) is 0 Å². The van der Waals surface area contributed by atoms with Crippen LogP contribution in [-0.4, -0.2) is 29.1 Å². The maximum Gasteiger partial charge on any atom is 0.308 e. The molecule has 0 spiro atoms. The molecule has 4 nitrogen and oxygen atoms in total. The third-order valence-corrected chi connectivity index (χ3v) is 8.60. The second kappa shape index (κ2) is 9.21. The molecule has 1 saturated heterocycles. The number of allylic oxidation sites excluding steroid dienone is 4. The first kappa shape index (κ1) is 22.8. The lowest BCUT2D eigenvalue weighted by atomic mass is 9.57. The van der Waals surface area contributed by atoms with Gasteiger partial charge in [0.15, 0.2) is 0 Å². The van der Waals surface area contributed by atoms with Crippen LogP contribution in [0.2, 0.25) is 0 Å². The summed E-state index contributed by atoms with van der Waals surface area (Å²) in [6.45, 7) is 6.73. The summed E-state index contributed by atoms with van der Waals surface area (Å²) in [6, 6.07) is 0. The van der Waals surface area contributed by atoms with Crippen LogP contribution >= 0.6 is 0 Å². The summed E-state index contributed by atoms with van der Waals surface area (Å²) in [5.41, 5.74) is 1.18. The summed E-state index contributed by atoms with van der Waals surface area (Å²) in [7, 11) is 0. The van der Waals surface area contributed by atoms with Crippen LogP contribution in [0, 0.1) is 35.0 Å². The lowest BCUT2D eigenvalue weighted by Gasteiger charge is -2.46. The van der Waals surface area contributed by atoms with E-state index < -0.39 is 6.10 Å². The highest BCUT2D eigenvalue weighted by Crippen LogP contribution is 2.50. The number of fused-ring (bicyclic) bond motifs is 1. The molecular formula is C27H40O4. The van der Waals surface area contributed by atoms with Crippen molar-refractivity contribution in [1.82, 2.24) is 0 Å². The number of carbonyl (C=O) groups is 2. The van der Waals surface area contributed by atoms with Gasteiger partial charge < -0.3 is 9.84 Å². The molecule has 0 radical (unpaired) electrons. The first-order chi connectivity index (χ1) is 14.8. The molecule has 4 aliphatic rings. The molecule has 0 amide bonds. The normalized spacial score (nSPS) is 39.9. The van der Waals surface area contributed by atoms with E-state index in [2.05, 4.69) is 39.0 Å². The summed E-state index contributed by atoms with van der Waals surface area (Å²) < 4.78 is 5.52. The van der Waals surface area contributed by atoms with Crippen LogP contribution in [0.5, 0.6) is 0 Å². The Balaban J connectivity index is 1.55. The third-order valence-electron chi connectivity index (χ3n) is 8.60. The average Bonchev–Trinajstić information content (AvgIpc) is 2.72. The molecule has 4 rings (SSSR count). The number of hydrogen-bond acceptors (Lipinski definition) is 4. The van der Waals surface area contributed by atoms with E-state index in [9.17, 15) is 14.7 Å². The molecule has 1 heterocycles. The van der Waals surface area contributed by atoms with E-state index in [1.165, 1.54) is 24.8 Å². The van der Waals surface area contributed by atoms with Gasteiger partial charge in [0.25, 0.3) is 0 Å². The Hall–Kier alpha value is -1.42. The van der Waals surface area contributed by atoms with Gasteiger partial charge in [-0.1, -0.05) is 58.3 Å². The minimum atomic E-state index is -0.582. The van der Waals surface area contributed by atoms with Gasteiger partial charge in [0.1, 0.15) is 11.9 Å². The van der Waals surface area contributed by atoms with Gasteiger partial charge in [-0.3, -0.25) is 9.59 Å². The van der Waals surface area contributed by atoms with Crippen molar-refractivity contribution in [3.05, 3.63) is 23.8 Å². The van der Waals surface area contributed by atoms with E-state index in [0.717, 1.165) is 32.1 Å². The van der Waals surface area contributed by atoms with Crippen LogP contribution < -0.4 is 0 Å². The van der Waals surface area contributed by atoms with Crippen molar-refractivity contribution < 1.29 is 19.4 Å². The van der Waals surface area contributed by atoms with Gasteiger partial charge in [0, 0.05) is 17.8 Å². The van der Waals surface area contributed by atoms with Gasteiger partial charge in [-0.2, -0.15) is 0 Å². The molecule has 1 N–H and O–H groups in total. The third kappa shape index (κ3) is 4.84. The Morgan fingerprint density at radius 1 is 1.16 bits per heavy atom. The van der Waals surface area contributed by atoms with Gasteiger partial charge >= 0.3 is 5.97 Å². The Labute approximate surface area is 187 Å². The predicted molar refractivity (Wildman–Crippen MR) is 121 cm³/mol. The number of carbonyl (C=O) groups excluding carboxylic acids is 2. The lowest BCUT2D eigenvalue weighted by molar-refractivity contribution is -0.160. The van der Waals surface area contributed by atoms with E-state index in [4.69, 9.17) is 4.74 Å². The number of hydrogen-bond donors (Lipinski definition) is 1. The fourth-order valence-electron chi connectivity index (χ4n) is 6.89. The first-order valence-corrected chi connectivity index (χ1v) is 12.6. The number of cyclic esters (lactones) is 1. The Bertz CT molecular complexity index is 744. The Morgan fingerprint density at radius 3 is 2.61 bits per heavy atom. The fraction of sp³-hybridized carbons (Fsp3) is 0.778. The van der Waals surface area contributed by atoms with Crippen LogP contribution in [0.1, 0.15) is 85.0 Å². The zero-order valence-electron chi connectivity index (χ0n) is 19.5. The van der Waals surface area contributed by atoms with E-state index in [-0.39, 0.29) is 35.7 Å². The molecule has 0 bridgehead atoms. The molecule has 0 aromatic heterocycles. The molecule has 0 aromatic carbocycles. The van der Waals surface area contributed by atoms with Crippen molar-refractivity contribution in [3.8, 4) is 0 Å². The molecule has 172 valence electrons. The smallest absolute Gasteiger partial charge is 0.308 e. The molecule has 1 aliphatic heterocycles. The Morgan fingerprint density at radius 2 is 1.90 bits per heavy atom. The van der Waals surface area contributed by atoms with E-state index >= 15 is 0 Å². The maximum atomic E-state index is 14.0. The van der Waals surface area contributed by atoms with Gasteiger partial charge in [-0.15, -0.1) is 0 Å². The van der Waals surface area contributed by atoms with Crippen LogP contribution in [0.4, 0.5) is 0 Å². The summed E-state index contributed by atoms with van der Waals surface area (Å²) >= 11 is 0. The molecule has 1 saturated carbocycles. The summed E-state index contributed by atoms with van der Waals surface area (Å²) in [4.78, 5) is 25.7. The highest BCUT2D eigenvalue weighted by Gasteiger charge is 2.47. The number of ether oxygens (including phenoxy) is 1. The van der Waals surface area contributed by atoms with Crippen LogP contribution in [0.25, 0.3) is 0 Å². The molecular weight excluding hydrogens is 388 g/mol. The number of aliphatic hydroxyl groups is 1. The van der Waals surface area contributed by atoms with Gasteiger partial charge in [0.05, 0.1) is 12.5 Å². The van der Waals surface area contributed by atoms with Crippen LogP contribution in [-0.2, 0) is 14.3 Å². The van der Waals surface area contributed by atoms with Crippen LogP contribution in [0.15, 0.2) is 23.8 Å². The molecule has 0 aromatic rings. The van der Waals surface area contributed by atoms with E-state index in [1.54, 1.807) is 0 Å². The monoisotopic (exact) mass is 428 g/mol. The zero-order chi connectivity index (χ0) is 22.2. The molecule has 2 fully saturated rings. The highest BCUT2D eigenvalue weighted by atomic mass is 16.5. The fourth-order valence-corrected chi connectivity index (χ4v) is 6.89. The second-order valence-electron chi connectivity index (χ2n) is 11.2. The maximum absolute atomic E-state index is 14.0. The number of esters is 1. The average molecular weight is 429 g/mol. The first-order valence-electron chi connectivity index (χ1n) is 12.6. The van der Waals surface area contributed by atoms with Crippen molar-refractivity contribution in [3.63, 3.8) is 0 Å². The molecule has 0 unspecified atom stereocenters. The van der Waals surface area contributed by atoms with Crippen molar-refractivity contribution in [2.75, 3.05) is 0 Å². The van der Waals surface area contributed by atoms with Crippen LogP contribution in [0.3, 0.4) is 0 Å². The largest absolute Gasteiger partial charge is 0.462 e. The summed E-state index contributed by atoms with van der Waals surface area (Å²) in [5, 5.41) is 9.98. The second-order valence-corrected chi connectivity index (χ2v) is 11.2. The van der Waals surface area contributed by atoms with Crippen molar-refractivity contribution in [2.24, 2.45) is 35.0 Å². The molecule has 7 atom stereocenters. The lowest BCUT2D eigenvalue weighted by Crippen LogP contribution is -2.45. The number of Topliss-reactive ketones (excluding diaryl/α,β-unsaturated/α-hetero) is 1. The van der Waals surface area contributed by atoms with Gasteiger partial charge in [-0.25, -0.2) is 0 Å². The topological polar surface area (TPSA) is 63.6 Å². The van der Waals surface area contributed by atoms with Gasteiger partial charge in [-0.05, 0) is 61.3 Å². The van der Waals surface area contributed by atoms with Crippen molar-refractivity contribution >= 4 is 11.8 Å². The van der Waals surface area contributed by atoms with Crippen molar-refractivity contribution in [2.45, 2.75) is 97.2 Å². The quantitative estimate of drug-likeness (QED) is 0.596. The summed E-state index contributed by atoms with van der Waals surface area (Å²) in [6.07, 6.45) is 15.2. The zero-order valence-corrected chi connectivity index (χ0v) is 19.5. The summed E-state index contributed by atoms with van der Waals surface area (Å²) in [5.74, 6) is 1.78. The minimum Gasteiger partial charge on any atom is -0.462 e. The molecule has 4 heteroatoms. The predicted octanol–water partition coefficient (Wildman–Crippen LogP) is 5.39. The van der Waals surface area contributed by atoms with Gasteiger partial charge in [0.2, 0.25) is 0 Å².